The van der Waals surface area contributed by atoms with Gasteiger partial charge in [-0.25, -0.2) is 4.79 Å². The maximum Gasteiger partial charge on any atom is 0.408 e. The highest BCUT2D eigenvalue weighted by Gasteiger charge is 2.43. The third-order valence-corrected chi connectivity index (χ3v) is 6.36. The molecule has 0 aliphatic carbocycles. The van der Waals surface area contributed by atoms with Crippen molar-refractivity contribution >= 4 is 35.2 Å². The SMILES string of the molecule is C#Cc1ccccc1C(C(=O)Nc1c(C)cccc1Cl)N(C(=O)C(CC(C)C)NC(=O)OC(C)(C)C)C(C)(C)C. The molecule has 2 aromatic rings. The number of hydrogen-bond donors (Lipinski definition) is 2. The molecule has 3 amide bonds. The lowest BCUT2D eigenvalue weighted by Gasteiger charge is -2.43. The summed E-state index contributed by atoms with van der Waals surface area (Å²) >= 11 is 6.44. The third-order valence-electron chi connectivity index (χ3n) is 6.04. The number of halogens is 1. The van der Waals surface area contributed by atoms with Crippen LogP contribution in [0.4, 0.5) is 10.5 Å². The van der Waals surface area contributed by atoms with E-state index in [4.69, 9.17) is 22.8 Å². The molecule has 0 heterocycles. The van der Waals surface area contributed by atoms with E-state index in [1.165, 1.54) is 4.90 Å². The number of nitrogens with one attached hydrogen (secondary N) is 2. The zero-order valence-electron chi connectivity index (χ0n) is 25.0. The van der Waals surface area contributed by atoms with Gasteiger partial charge in [-0.05, 0) is 84.1 Å². The molecule has 2 aromatic carbocycles. The fourth-order valence-electron chi connectivity index (χ4n) is 4.40. The first-order valence-electron chi connectivity index (χ1n) is 13.4. The monoisotopic (exact) mass is 567 g/mol. The van der Waals surface area contributed by atoms with Gasteiger partial charge in [-0.3, -0.25) is 9.59 Å². The van der Waals surface area contributed by atoms with E-state index >= 15 is 0 Å². The van der Waals surface area contributed by atoms with Gasteiger partial charge in [0.05, 0.1) is 10.7 Å². The third kappa shape index (κ3) is 8.76. The zero-order valence-corrected chi connectivity index (χ0v) is 25.8. The molecular formula is C32H42ClN3O4. The normalized spacial score (nSPS) is 13.2. The van der Waals surface area contributed by atoms with Gasteiger partial charge in [0.1, 0.15) is 17.7 Å². The lowest BCUT2D eigenvalue weighted by molar-refractivity contribution is -0.147. The number of anilines is 1. The Morgan fingerprint density at radius 2 is 1.65 bits per heavy atom. The van der Waals surface area contributed by atoms with Crippen LogP contribution in [0.5, 0.6) is 0 Å². The highest BCUT2D eigenvalue weighted by atomic mass is 35.5. The van der Waals surface area contributed by atoms with Crippen LogP contribution in [-0.2, 0) is 14.3 Å². The topological polar surface area (TPSA) is 87.7 Å². The number of aryl methyl sites for hydroxylation is 1. The highest BCUT2D eigenvalue weighted by molar-refractivity contribution is 6.34. The molecule has 2 N–H and O–H groups in total. The molecule has 2 rings (SSSR count). The van der Waals surface area contributed by atoms with Gasteiger partial charge in [-0.1, -0.05) is 61.7 Å². The number of nitrogens with zero attached hydrogens (tertiary/aromatic N) is 1. The largest absolute Gasteiger partial charge is 0.444 e. The van der Waals surface area contributed by atoms with E-state index in [9.17, 15) is 14.4 Å². The van der Waals surface area contributed by atoms with Gasteiger partial charge in [0.2, 0.25) is 5.91 Å². The second-order valence-corrected chi connectivity index (χ2v) is 12.7. The van der Waals surface area contributed by atoms with Gasteiger partial charge >= 0.3 is 6.09 Å². The van der Waals surface area contributed by atoms with E-state index in [-0.39, 0.29) is 5.92 Å². The van der Waals surface area contributed by atoms with Crippen molar-refractivity contribution in [1.29, 1.82) is 0 Å². The van der Waals surface area contributed by atoms with Gasteiger partial charge in [-0.15, -0.1) is 6.42 Å². The minimum absolute atomic E-state index is 0.0572. The Labute approximate surface area is 244 Å². The first-order chi connectivity index (χ1) is 18.5. The van der Waals surface area contributed by atoms with Gasteiger partial charge < -0.3 is 20.3 Å². The van der Waals surface area contributed by atoms with Crippen molar-refractivity contribution in [1.82, 2.24) is 10.2 Å². The molecule has 0 bridgehead atoms. The number of ether oxygens (including phenoxy) is 1. The predicted molar refractivity (Wildman–Crippen MR) is 161 cm³/mol. The van der Waals surface area contributed by atoms with Crippen LogP contribution in [0.3, 0.4) is 0 Å². The van der Waals surface area contributed by atoms with Crippen molar-refractivity contribution in [3.63, 3.8) is 0 Å². The van der Waals surface area contributed by atoms with E-state index in [2.05, 4.69) is 16.6 Å². The number of hydrogen-bond acceptors (Lipinski definition) is 4. The Hall–Kier alpha value is -3.50. The zero-order chi connectivity index (χ0) is 30.4. The molecule has 0 aliphatic rings. The van der Waals surface area contributed by atoms with Crippen molar-refractivity contribution in [3.05, 3.63) is 64.2 Å². The highest BCUT2D eigenvalue weighted by Crippen LogP contribution is 2.34. The average Bonchev–Trinajstić information content (AvgIpc) is 2.81. The molecule has 0 radical (unpaired) electrons. The maximum atomic E-state index is 14.4. The number of carbonyl (C=O) groups excluding carboxylic acids is 3. The molecule has 0 aromatic heterocycles. The van der Waals surface area contributed by atoms with Gasteiger partial charge in [-0.2, -0.15) is 0 Å². The van der Waals surface area contributed by atoms with Crippen LogP contribution in [0.15, 0.2) is 42.5 Å². The Bertz CT molecular complexity index is 1250. The van der Waals surface area contributed by atoms with Crippen molar-refractivity contribution < 1.29 is 19.1 Å². The van der Waals surface area contributed by atoms with Crippen LogP contribution in [0, 0.1) is 25.2 Å². The molecule has 0 spiro atoms. The summed E-state index contributed by atoms with van der Waals surface area (Å²) in [6, 6.07) is 10.2. The summed E-state index contributed by atoms with van der Waals surface area (Å²) in [6.45, 7) is 16.5. The molecule has 40 heavy (non-hydrogen) atoms. The van der Waals surface area contributed by atoms with Crippen LogP contribution >= 0.6 is 11.6 Å². The summed E-state index contributed by atoms with van der Waals surface area (Å²) in [5, 5.41) is 6.07. The van der Waals surface area contributed by atoms with E-state index in [1.54, 1.807) is 57.2 Å². The molecule has 2 unspecified atom stereocenters. The lowest BCUT2D eigenvalue weighted by Crippen LogP contribution is -2.58. The van der Waals surface area contributed by atoms with E-state index in [1.807, 2.05) is 47.6 Å². The second-order valence-electron chi connectivity index (χ2n) is 12.3. The number of rotatable bonds is 8. The maximum absolute atomic E-state index is 14.4. The minimum Gasteiger partial charge on any atom is -0.444 e. The van der Waals surface area contributed by atoms with Crippen LogP contribution in [-0.4, -0.2) is 40.0 Å². The first-order valence-corrected chi connectivity index (χ1v) is 13.8. The number of carbonyl (C=O) groups is 3. The Morgan fingerprint density at radius 3 is 2.17 bits per heavy atom. The molecule has 7 nitrogen and oxygen atoms in total. The van der Waals surface area contributed by atoms with Crippen molar-refractivity contribution in [2.45, 2.75) is 92.0 Å². The van der Waals surface area contributed by atoms with Crippen molar-refractivity contribution in [3.8, 4) is 12.3 Å². The van der Waals surface area contributed by atoms with E-state index in [0.29, 0.717) is 28.3 Å². The number of amides is 3. The number of terminal acetylenes is 1. The molecule has 2 atom stereocenters. The number of benzene rings is 2. The van der Waals surface area contributed by atoms with Gasteiger partial charge in [0, 0.05) is 11.1 Å². The van der Waals surface area contributed by atoms with Gasteiger partial charge in [0.25, 0.3) is 5.91 Å². The summed E-state index contributed by atoms with van der Waals surface area (Å²) in [7, 11) is 0. The molecule has 8 heteroatoms. The summed E-state index contributed by atoms with van der Waals surface area (Å²) in [5.74, 6) is 1.79. The number of para-hydroxylation sites is 1. The molecule has 0 saturated carbocycles. The van der Waals surface area contributed by atoms with Crippen LogP contribution in [0.25, 0.3) is 0 Å². The molecule has 0 saturated heterocycles. The standard InChI is InChI=1S/C32H42ClN3O4/c1-11-22-16-12-13-17-23(22)27(28(37)35-26-21(4)15-14-18-24(26)33)36(31(5,6)7)29(38)25(19-20(2)3)34-30(39)40-32(8,9)10/h1,12-18,20,25,27H,19H2,2-10H3,(H,34,39)(H,35,37). The summed E-state index contributed by atoms with van der Waals surface area (Å²) in [5.41, 5.74) is 0.561. The Morgan fingerprint density at radius 1 is 1.02 bits per heavy atom. The molecule has 0 aliphatic heterocycles. The van der Waals surface area contributed by atoms with Crippen LogP contribution in [0.2, 0.25) is 5.02 Å². The quantitative estimate of drug-likeness (QED) is 0.340. The average molecular weight is 568 g/mol. The molecule has 216 valence electrons. The number of alkyl carbamates (subject to hydrolysis) is 1. The van der Waals surface area contributed by atoms with Crippen molar-refractivity contribution in [2.75, 3.05) is 5.32 Å². The Kier molecular flexibility index (Phi) is 10.8. The first kappa shape index (κ1) is 32.7. The fourth-order valence-corrected chi connectivity index (χ4v) is 4.67. The molecular weight excluding hydrogens is 526 g/mol. The van der Waals surface area contributed by atoms with E-state index < -0.39 is 41.1 Å². The van der Waals surface area contributed by atoms with Gasteiger partial charge in [0.15, 0.2) is 0 Å². The minimum atomic E-state index is -1.13. The van der Waals surface area contributed by atoms with E-state index in [0.717, 1.165) is 5.56 Å². The smallest absolute Gasteiger partial charge is 0.408 e. The van der Waals surface area contributed by atoms with Crippen molar-refractivity contribution in [2.24, 2.45) is 5.92 Å². The molecule has 0 fully saturated rings. The Balaban J connectivity index is 2.70. The summed E-state index contributed by atoms with van der Waals surface area (Å²) in [4.78, 5) is 42.9. The fraction of sp³-hybridized carbons (Fsp3) is 0.469. The predicted octanol–water partition coefficient (Wildman–Crippen LogP) is 6.88. The van der Waals surface area contributed by atoms with Crippen LogP contribution in [0.1, 0.15) is 84.5 Å². The second kappa shape index (κ2) is 13.2. The van der Waals surface area contributed by atoms with Crippen LogP contribution < -0.4 is 10.6 Å². The summed E-state index contributed by atoms with van der Waals surface area (Å²) in [6.07, 6.45) is 5.47. The summed E-state index contributed by atoms with van der Waals surface area (Å²) < 4.78 is 5.46. The lowest BCUT2D eigenvalue weighted by atomic mass is 9.91.